The molecule has 0 unspecified atom stereocenters. The van der Waals surface area contributed by atoms with Crippen LogP contribution in [0.2, 0.25) is 0 Å². The minimum atomic E-state index is -0.134. The number of amides is 2. The van der Waals surface area contributed by atoms with E-state index in [9.17, 15) is 14.7 Å². The number of nitrogens with one attached hydrogen (secondary N) is 1. The summed E-state index contributed by atoms with van der Waals surface area (Å²) in [5.74, 6) is 0.760. The molecule has 5 rings (SSSR count). The lowest BCUT2D eigenvalue weighted by Gasteiger charge is -2.39. The van der Waals surface area contributed by atoms with Crippen molar-refractivity contribution < 1.29 is 14.7 Å². The van der Waals surface area contributed by atoms with Gasteiger partial charge in [0.05, 0.1) is 24.0 Å². The molecule has 35 heavy (non-hydrogen) atoms. The van der Waals surface area contributed by atoms with Crippen LogP contribution in [0.3, 0.4) is 0 Å². The number of benzene rings is 3. The summed E-state index contributed by atoms with van der Waals surface area (Å²) in [4.78, 5) is 31.6. The van der Waals surface area contributed by atoms with Gasteiger partial charge in [0.2, 0.25) is 11.8 Å². The summed E-state index contributed by atoms with van der Waals surface area (Å²) >= 11 is 1.79. The average molecular weight is 488 g/mol. The van der Waals surface area contributed by atoms with Crippen LogP contribution in [0.5, 0.6) is 5.75 Å². The molecule has 0 aliphatic carbocycles. The molecule has 0 radical (unpaired) electrons. The van der Waals surface area contributed by atoms with Crippen LogP contribution in [0.15, 0.2) is 83.8 Å². The van der Waals surface area contributed by atoms with E-state index >= 15 is 0 Å². The fourth-order valence-electron chi connectivity index (χ4n) is 4.85. The quantitative estimate of drug-likeness (QED) is 0.500. The first kappa shape index (κ1) is 23.5. The first-order valence-electron chi connectivity index (χ1n) is 12.0. The number of carbonyl (C=O) groups is 2. The molecule has 0 saturated carbocycles. The number of hydrogen-bond donors (Lipinski definition) is 2. The number of rotatable bonds is 5. The lowest BCUT2D eigenvalue weighted by molar-refractivity contribution is -0.122. The van der Waals surface area contributed by atoms with Crippen molar-refractivity contribution in [2.24, 2.45) is 5.92 Å². The molecular weight excluding hydrogens is 458 g/mol. The zero-order valence-electron chi connectivity index (χ0n) is 19.5. The van der Waals surface area contributed by atoms with Crippen LogP contribution in [0, 0.1) is 5.92 Å². The Hall–Kier alpha value is -3.29. The van der Waals surface area contributed by atoms with Crippen LogP contribution in [-0.4, -0.2) is 47.2 Å². The highest BCUT2D eigenvalue weighted by atomic mass is 32.2. The fraction of sp³-hybridized carbons (Fsp3) is 0.286. The van der Waals surface area contributed by atoms with Crippen molar-refractivity contribution in [1.29, 1.82) is 0 Å². The topological polar surface area (TPSA) is 72.9 Å². The predicted molar refractivity (Wildman–Crippen MR) is 140 cm³/mol. The van der Waals surface area contributed by atoms with E-state index < -0.39 is 0 Å². The molecular formula is C28H29N3O3S. The number of para-hydroxylation sites is 3. The van der Waals surface area contributed by atoms with Gasteiger partial charge >= 0.3 is 0 Å². The third-order valence-corrected chi connectivity index (χ3v) is 7.90. The number of phenols is 1. The van der Waals surface area contributed by atoms with Crippen LogP contribution >= 0.6 is 11.8 Å². The molecule has 2 N–H and O–H groups in total. The van der Waals surface area contributed by atoms with Gasteiger partial charge < -0.3 is 15.3 Å². The third kappa shape index (κ3) is 5.21. The normalized spacial score (nSPS) is 18.6. The molecule has 0 spiro atoms. The van der Waals surface area contributed by atoms with Crippen molar-refractivity contribution in [3.63, 3.8) is 0 Å². The molecule has 0 bridgehead atoms. The summed E-state index contributed by atoms with van der Waals surface area (Å²) in [7, 11) is 0. The van der Waals surface area contributed by atoms with E-state index in [-0.39, 0.29) is 29.5 Å². The van der Waals surface area contributed by atoms with Crippen molar-refractivity contribution in [2.45, 2.75) is 23.8 Å². The lowest BCUT2D eigenvalue weighted by atomic mass is 9.95. The standard InChI is InChI=1S/C28H29N3O3S/c32-25-12-6-4-10-22(25)29-28(34)21-14-16-30(17-15-21)18-27(33)31-23-11-5-7-13-26(23)35-19-24(31)20-8-2-1-3-9-20/h1-13,21,24,32H,14-19H2,(H,29,34)/t24-/m0/s1. The summed E-state index contributed by atoms with van der Waals surface area (Å²) in [5.41, 5.74) is 2.55. The Labute approximate surface area is 209 Å². The number of piperidine rings is 1. The van der Waals surface area contributed by atoms with Gasteiger partial charge in [0.25, 0.3) is 0 Å². The molecule has 6 nitrogen and oxygen atoms in total. The van der Waals surface area contributed by atoms with Gasteiger partial charge in [-0.1, -0.05) is 54.6 Å². The smallest absolute Gasteiger partial charge is 0.241 e. The Bertz CT molecular complexity index is 1190. The van der Waals surface area contributed by atoms with Crippen LogP contribution in [0.1, 0.15) is 24.4 Å². The second-order valence-electron chi connectivity index (χ2n) is 9.03. The molecule has 180 valence electrons. The van der Waals surface area contributed by atoms with Crippen LogP contribution in [-0.2, 0) is 9.59 Å². The number of aromatic hydroxyl groups is 1. The largest absolute Gasteiger partial charge is 0.506 e. The van der Waals surface area contributed by atoms with Gasteiger partial charge in [0.15, 0.2) is 0 Å². The minimum absolute atomic E-state index is 0.00883. The number of anilines is 2. The zero-order chi connectivity index (χ0) is 24.2. The van der Waals surface area contributed by atoms with E-state index in [2.05, 4.69) is 28.4 Å². The Balaban J connectivity index is 1.24. The second-order valence-corrected chi connectivity index (χ2v) is 10.1. The predicted octanol–water partition coefficient (Wildman–Crippen LogP) is 4.92. The second kappa shape index (κ2) is 10.5. The van der Waals surface area contributed by atoms with Gasteiger partial charge in [-0.2, -0.15) is 0 Å². The number of fused-ring (bicyclic) bond motifs is 1. The average Bonchev–Trinajstić information content (AvgIpc) is 2.90. The van der Waals surface area contributed by atoms with E-state index in [0.29, 0.717) is 38.2 Å². The minimum Gasteiger partial charge on any atom is -0.506 e. The van der Waals surface area contributed by atoms with Crippen molar-refractivity contribution in [1.82, 2.24) is 4.90 Å². The number of thioether (sulfide) groups is 1. The summed E-state index contributed by atoms with van der Waals surface area (Å²) in [6.45, 7) is 1.70. The van der Waals surface area contributed by atoms with E-state index in [1.54, 1.807) is 36.0 Å². The number of phenolic OH excluding ortho intramolecular Hbond substituents is 1. The molecule has 3 aromatic rings. The first-order chi connectivity index (χ1) is 17.1. The summed E-state index contributed by atoms with van der Waals surface area (Å²) in [6, 6.07) is 25.1. The van der Waals surface area contributed by atoms with Crippen molar-refractivity contribution in [2.75, 3.05) is 35.6 Å². The maximum absolute atomic E-state index is 13.7. The van der Waals surface area contributed by atoms with Gasteiger partial charge in [-0.15, -0.1) is 11.8 Å². The number of likely N-dealkylation sites (tertiary alicyclic amines) is 1. The zero-order valence-corrected chi connectivity index (χ0v) is 20.3. The SMILES string of the molecule is O=C(Nc1ccccc1O)C1CCN(CC(=O)N2c3ccccc3SC[C@H]2c2ccccc2)CC1. The van der Waals surface area contributed by atoms with Gasteiger partial charge in [-0.3, -0.25) is 14.5 Å². The van der Waals surface area contributed by atoms with Gasteiger partial charge in [-0.25, -0.2) is 0 Å². The maximum atomic E-state index is 13.7. The van der Waals surface area contributed by atoms with E-state index in [0.717, 1.165) is 21.9 Å². The fourth-order valence-corrected chi connectivity index (χ4v) is 6.02. The van der Waals surface area contributed by atoms with Gasteiger partial charge in [0, 0.05) is 16.6 Å². The van der Waals surface area contributed by atoms with E-state index in [1.807, 2.05) is 41.3 Å². The van der Waals surface area contributed by atoms with Crippen molar-refractivity contribution >= 4 is 35.0 Å². The summed E-state index contributed by atoms with van der Waals surface area (Å²) in [6.07, 6.45) is 1.36. The number of nitrogens with zero attached hydrogens (tertiary/aromatic N) is 2. The van der Waals surface area contributed by atoms with E-state index in [4.69, 9.17) is 0 Å². The summed E-state index contributed by atoms with van der Waals surface area (Å²) in [5, 5.41) is 12.8. The molecule has 2 heterocycles. The maximum Gasteiger partial charge on any atom is 0.241 e. The molecule has 2 aliphatic heterocycles. The van der Waals surface area contributed by atoms with Gasteiger partial charge in [0.1, 0.15) is 5.75 Å². The third-order valence-electron chi connectivity index (χ3n) is 6.77. The summed E-state index contributed by atoms with van der Waals surface area (Å²) < 4.78 is 0. The van der Waals surface area contributed by atoms with Crippen LogP contribution in [0.4, 0.5) is 11.4 Å². The highest BCUT2D eigenvalue weighted by molar-refractivity contribution is 7.99. The highest BCUT2D eigenvalue weighted by Gasteiger charge is 2.34. The first-order valence-corrected chi connectivity index (χ1v) is 13.0. The van der Waals surface area contributed by atoms with Crippen molar-refractivity contribution in [3.8, 4) is 5.75 Å². The monoisotopic (exact) mass is 487 g/mol. The van der Waals surface area contributed by atoms with Crippen molar-refractivity contribution in [3.05, 3.63) is 84.4 Å². The molecule has 0 aromatic heterocycles. The molecule has 1 saturated heterocycles. The molecule has 7 heteroatoms. The van der Waals surface area contributed by atoms with Gasteiger partial charge in [-0.05, 0) is 55.8 Å². The molecule has 3 aromatic carbocycles. The molecule has 2 aliphatic rings. The Kier molecular flexibility index (Phi) is 7.06. The Morgan fingerprint density at radius 1 is 0.914 bits per heavy atom. The lowest BCUT2D eigenvalue weighted by Crippen LogP contribution is -2.47. The molecule has 1 fully saturated rings. The Morgan fingerprint density at radius 3 is 2.37 bits per heavy atom. The highest BCUT2D eigenvalue weighted by Crippen LogP contribution is 2.43. The molecule has 1 atom stereocenters. The Morgan fingerprint density at radius 2 is 1.60 bits per heavy atom. The number of hydrogen-bond acceptors (Lipinski definition) is 5. The van der Waals surface area contributed by atoms with Crippen LogP contribution < -0.4 is 10.2 Å². The molecule has 2 amide bonds. The van der Waals surface area contributed by atoms with E-state index in [1.165, 1.54) is 0 Å². The number of carbonyl (C=O) groups excluding carboxylic acids is 2. The van der Waals surface area contributed by atoms with Crippen LogP contribution in [0.25, 0.3) is 0 Å².